The summed E-state index contributed by atoms with van der Waals surface area (Å²) in [5, 5.41) is 16.0. The van der Waals surface area contributed by atoms with Crippen molar-refractivity contribution in [2.45, 2.75) is 18.8 Å². The molecular formula is C19H18N6O. The van der Waals surface area contributed by atoms with Gasteiger partial charge in [0.2, 0.25) is 0 Å². The van der Waals surface area contributed by atoms with Gasteiger partial charge in [-0.2, -0.15) is 10.2 Å². The lowest BCUT2D eigenvalue weighted by Gasteiger charge is -2.32. The lowest BCUT2D eigenvalue weighted by molar-refractivity contribution is 0.0702. The van der Waals surface area contributed by atoms with E-state index in [4.69, 9.17) is 0 Å². The van der Waals surface area contributed by atoms with Crippen LogP contribution in [0.2, 0.25) is 0 Å². The highest BCUT2D eigenvalue weighted by atomic mass is 16.2. The number of nitrogens with zero attached hydrogens (tertiary/aromatic N) is 4. The quantitative estimate of drug-likeness (QED) is 0.584. The van der Waals surface area contributed by atoms with Crippen LogP contribution in [0.15, 0.2) is 42.6 Å². The molecule has 0 saturated carbocycles. The van der Waals surface area contributed by atoms with Gasteiger partial charge in [0.05, 0.1) is 11.7 Å². The Balaban J connectivity index is 1.42. The zero-order valence-corrected chi connectivity index (χ0v) is 14.1. The third kappa shape index (κ3) is 2.44. The average Bonchev–Trinajstić information content (AvgIpc) is 3.33. The first kappa shape index (κ1) is 15.1. The fourth-order valence-corrected chi connectivity index (χ4v) is 3.75. The Morgan fingerprint density at radius 3 is 3.04 bits per heavy atom. The standard InChI is InChI=1S/C19H18N6O/c26-19(17-14-5-1-2-6-16(14)22-23-17)25-9-3-4-13(11-25)15-8-7-12-10-20-24-18(12)21-15/h1-2,5-8,10,13H,3-4,9,11H2,(H,22,23)(H,20,21,24). The Hall–Kier alpha value is -3.22. The van der Waals surface area contributed by atoms with Gasteiger partial charge in [-0.1, -0.05) is 18.2 Å². The van der Waals surface area contributed by atoms with E-state index in [2.05, 4.69) is 25.4 Å². The molecule has 3 aromatic heterocycles. The van der Waals surface area contributed by atoms with E-state index in [1.54, 1.807) is 6.20 Å². The van der Waals surface area contributed by atoms with E-state index in [1.165, 1.54) is 0 Å². The maximum atomic E-state index is 13.0. The summed E-state index contributed by atoms with van der Waals surface area (Å²) in [6, 6.07) is 11.8. The number of benzene rings is 1. The van der Waals surface area contributed by atoms with Crippen LogP contribution in [0.5, 0.6) is 0 Å². The number of hydrogen-bond acceptors (Lipinski definition) is 4. The number of rotatable bonds is 2. The highest BCUT2D eigenvalue weighted by molar-refractivity contribution is 6.04. The van der Waals surface area contributed by atoms with Crippen molar-refractivity contribution in [2.24, 2.45) is 0 Å². The molecule has 0 bridgehead atoms. The second-order valence-electron chi connectivity index (χ2n) is 6.75. The number of likely N-dealkylation sites (tertiary alicyclic amines) is 1. The van der Waals surface area contributed by atoms with E-state index in [-0.39, 0.29) is 11.8 Å². The number of carbonyl (C=O) groups is 1. The second kappa shape index (κ2) is 5.94. The van der Waals surface area contributed by atoms with E-state index < -0.39 is 0 Å². The van der Waals surface area contributed by atoms with Gasteiger partial charge in [-0.25, -0.2) is 4.98 Å². The van der Waals surface area contributed by atoms with Crippen molar-refractivity contribution in [2.75, 3.05) is 13.1 Å². The normalized spacial score (nSPS) is 17.8. The van der Waals surface area contributed by atoms with E-state index in [0.29, 0.717) is 12.2 Å². The summed E-state index contributed by atoms with van der Waals surface area (Å²) in [4.78, 5) is 19.6. The Morgan fingerprint density at radius 2 is 2.08 bits per heavy atom. The monoisotopic (exact) mass is 346 g/mol. The molecule has 5 rings (SSSR count). The molecule has 1 atom stereocenters. The molecule has 1 fully saturated rings. The number of piperidine rings is 1. The summed E-state index contributed by atoms with van der Waals surface area (Å²) in [6.07, 6.45) is 3.75. The van der Waals surface area contributed by atoms with Gasteiger partial charge in [-0.3, -0.25) is 15.0 Å². The van der Waals surface area contributed by atoms with Crippen LogP contribution >= 0.6 is 0 Å². The molecule has 7 nitrogen and oxygen atoms in total. The molecule has 2 N–H and O–H groups in total. The average molecular weight is 346 g/mol. The van der Waals surface area contributed by atoms with Gasteiger partial charge in [-0.15, -0.1) is 0 Å². The highest BCUT2D eigenvalue weighted by Gasteiger charge is 2.28. The minimum absolute atomic E-state index is 0.0187. The molecule has 0 aliphatic carbocycles. The zero-order valence-electron chi connectivity index (χ0n) is 14.1. The molecule has 4 aromatic rings. The number of aromatic nitrogens is 5. The number of fused-ring (bicyclic) bond motifs is 2. The van der Waals surface area contributed by atoms with Crippen LogP contribution < -0.4 is 0 Å². The Labute approximate surface area is 149 Å². The van der Waals surface area contributed by atoms with Crippen LogP contribution in [0.3, 0.4) is 0 Å². The number of aromatic amines is 2. The van der Waals surface area contributed by atoms with Crippen LogP contribution in [0, 0.1) is 0 Å². The van der Waals surface area contributed by atoms with Crippen molar-refractivity contribution < 1.29 is 4.79 Å². The highest BCUT2D eigenvalue weighted by Crippen LogP contribution is 2.28. The van der Waals surface area contributed by atoms with Crippen molar-refractivity contribution in [3.8, 4) is 0 Å². The minimum Gasteiger partial charge on any atom is -0.337 e. The van der Waals surface area contributed by atoms with E-state index in [1.807, 2.05) is 41.3 Å². The molecule has 0 spiro atoms. The number of H-pyrrole nitrogens is 2. The van der Waals surface area contributed by atoms with Gasteiger partial charge in [0.25, 0.3) is 5.91 Å². The third-order valence-corrected chi connectivity index (χ3v) is 5.12. The van der Waals surface area contributed by atoms with E-state index >= 15 is 0 Å². The molecule has 26 heavy (non-hydrogen) atoms. The zero-order chi connectivity index (χ0) is 17.5. The summed E-state index contributed by atoms with van der Waals surface area (Å²) in [7, 11) is 0. The van der Waals surface area contributed by atoms with Crippen molar-refractivity contribution in [3.63, 3.8) is 0 Å². The summed E-state index contributed by atoms with van der Waals surface area (Å²) in [6.45, 7) is 1.41. The molecule has 4 heterocycles. The topological polar surface area (TPSA) is 90.6 Å². The van der Waals surface area contributed by atoms with Gasteiger partial charge in [0.15, 0.2) is 11.3 Å². The Kier molecular flexibility index (Phi) is 3.44. The van der Waals surface area contributed by atoms with Gasteiger partial charge in [0, 0.05) is 35.5 Å². The Bertz CT molecular complexity index is 1100. The largest absolute Gasteiger partial charge is 0.337 e. The van der Waals surface area contributed by atoms with Gasteiger partial charge in [-0.05, 0) is 31.0 Å². The number of carbonyl (C=O) groups excluding carboxylic acids is 1. The first-order valence-electron chi connectivity index (χ1n) is 8.82. The number of nitrogens with one attached hydrogen (secondary N) is 2. The van der Waals surface area contributed by atoms with Crippen molar-refractivity contribution in [3.05, 3.63) is 54.0 Å². The molecule has 1 aliphatic heterocycles. The Morgan fingerprint density at radius 1 is 1.15 bits per heavy atom. The van der Waals surface area contributed by atoms with Crippen molar-refractivity contribution >= 4 is 27.8 Å². The molecule has 1 unspecified atom stereocenters. The molecule has 130 valence electrons. The fraction of sp³-hybridized carbons (Fsp3) is 0.263. The fourth-order valence-electron chi connectivity index (χ4n) is 3.75. The minimum atomic E-state index is -0.0187. The molecular weight excluding hydrogens is 328 g/mol. The molecule has 1 aromatic carbocycles. The van der Waals surface area contributed by atoms with Crippen LogP contribution in [0.25, 0.3) is 21.9 Å². The summed E-state index contributed by atoms with van der Waals surface area (Å²) in [5.41, 5.74) is 3.18. The third-order valence-electron chi connectivity index (χ3n) is 5.12. The summed E-state index contributed by atoms with van der Waals surface area (Å²) in [5.74, 6) is 0.209. The van der Waals surface area contributed by atoms with Crippen LogP contribution in [0.4, 0.5) is 0 Å². The van der Waals surface area contributed by atoms with Crippen LogP contribution in [0.1, 0.15) is 34.9 Å². The molecule has 0 radical (unpaired) electrons. The number of hydrogen-bond donors (Lipinski definition) is 2. The second-order valence-corrected chi connectivity index (χ2v) is 6.75. The van der Waals surface area contributed by atoms with Gasteiger partial charge in [0.1, 0.15) is 0 Å². The molecule has 1 amide bonds. The predicted molar refractivity (Wildman–Crippen MR) is 97.9 cm³/mol. The van der Waals surface area contributed by atoms with Crippen molar-refractivity contribution in [1.29, 1.82) is 0 Å². The van der Waals surface area contributed by atoms with E-state index in [0.717, 1.165) is 47.0 Å². The molecule has 7 heteroatoms. The van der Waals surface area contributed by atoms with Crippen molar-refractivity contribution in [1.82, 2.24) is 30.3 Å². The predicted octanol–water partition coefficient (Wildman–Crippen LogP) is 2.85. The van der Waals surface area contributed by atoms with Crippen LogP contribution in [-0.2, 0) is 0 Å². The lowest BCUT2D eigenvalue weighted by Crippen LogP contribution is -2.39. The number of amides is 1. The maximum Gasteiger partial charge on any atom is 0.275 e. The lowest BCUT2D eigenvalue weighted by atomic mass is 9.94. The first-order valence-corrected chi connectivity index (χ1v) is 8.82. The molecule has 1 saturated heterocycles. The molecule has 1 aliphatic rings. The van der Waals surface area contributed by atoms with E-state index in [9.17, 15) is 4.79 Å². The summed E-state index contributed by atoms with van der Waals surface area (Å²) >= 11 is 0. The maximum absolute atomic E-state index is 13.0. The first-order chi connectivity index (χ1) is 12.8. The number of pyridine rings is 1. The SMILES string of the molecule is O=C(c1n[nH]c2ccccc12)N1CCCC(c2ccc3cn[nH]c3n2)C1. The van der Waals surface area contributed by atoms with Gasteiger partial charge >= 0.3 is 0 Å². The summed E-state index contributed by atoms with van der Waals surface area (Å²) < 4.78 is 0. The van der Waals surface area contributed by atoms with Crippen LogP contribution in [-0.4, -0.2) is 49.3 Å². The van der Waals surface area contributed by atoms with Gasteiger partial charge < -0.3 is 4.90 Å². The smallest absolute Gasteiger partial charge is 0.275 e. The number of para-hydroxylation sites is 1.